The lowest BCUT2D eigenvalue weighted by atomic mass is 10.2. The zero-order valence-electron chi connectivity index (χ0n) is 10.1. The van der Waals surface area contributed by atoms with E-state index in [2.05, 4.69) is 10.6 Å². The molecule has 98 valence electrons. The number of anilines is 1. The van der Waals surface area contributed by atoms with Crippen LogP contribution in [0.5, 0.6) is 5.75 Å². The van der Waals surface area contributed by atoms with Crippen molar-refractivity contribution in [3.63, 3.8) is 0 Å². The van der Waals surface area contributed by atoms with Crippen LogP contribution in [0.25, 0.3) is 0 Å². The number of thiocarbonyl (C=S) groups is 1. The number of phenolic OH excluding ortho intramolecular Hbond substituents is 1. The second-order valence-corrected chi connectivity index (χ2v) is 4.37. The number of aromatic hydroxyl groups is 1. The van der Waals surface area contributed by atoms with Crippen LogP contribution in [-0.4, -0.2) is 10.2 Å². The van der Waals surface area contributed by atoms with E-state index in [9.17, 15) is 4.39 Å². The molecule has 0 aliphatic rings. The summed E-state index contributed by atoms with van der Waals surface area (Å²) >= 11 is 5.10. The molecule has 2 aromatic carbocycles. The van der Waals surface area contributed by atoms with E-state index in [1.54, 1.807) is 6.07 Å². The van der Waals surface area contributed by atoms with Crippen molar-refractivity contribution >= 4 is 23.0 Å². The third-order valence-electron chi connectivity index (χ3n) is 2.50. The number of hydrogen-bond donors (Lipinski definition) is 3. The summed E-state index contributed by atoms with van der Waals surface area (Å²) < 4.78 is 13.1. The first-order chi connectivity index (χ1) is 9.15. The van der Waals surface area contributed by atoms with E-state index >= 15 is 0 Å². The van der Waals surface area contributed by atoms with Gasteiger partial charge in [-0.3, -0.25) is 0 Å². The van der Waals surface area contributed by atoms with E-state index in [1.165, 1.54) is 12.1 Å². The van der Waals surface area contributed by atoms with E-state index in [-0.39, 0.29) is 5.75 Å². The Morgan fingerprint density at radius 2 is 1.89 bits per heavy atom. The van der Waals surface area contributed by atoms with Crippen LogP contribution >= 0.6 is 12.2 Å². The molecule has 2 aromatic rings. The Hall–Kier alpha value is -2.14. The molecule has 0 saturated heterocycles. The molecule has 3 N–H and O–H groups in total. The molecule has 5 heteroatoms. The van der Waals surface area contributed by atoms with E-state index in [4.69, 9.17) is 17.3 Å². The van der Waals surface area contributed by atoms with E-state index in [0.717, 1.165) is 5.56 Å². The number of phenols is 1. The maximum absolute atomic E-state index is 13.1. The fourth-order valence-electron chi connectivity index (χ4n) is 1.54. The summed E-state index contributed by atoms with van der Waals surface area (Å²) in [5, 5.41) is 15.3. The van der Waals surface area contributed by atoms with Gasteiger partial charge in [-0.05, 0) is 29.9 Å². The molecular formula is C14H13FN2OS. The summed E-state index contributed by atoms with van der Waals surface area (Å²) in [6.45, 7) is 0.591. The fourth-order valence-corrected chi connectivity index (χ4v) is 1.73. The first-order valence-electron chi connectivity index (χ1n) is 5.72. The molecule has 0 atom stereocenters. The lowest BCUT2D eigenvalue weighted by Gasteiger charge is -2.10. The van der Waals surface area contributed by atoms with E-state index in [0.29, 0.717) is 17.3 Å². The number of halogens is 1. The highest BCUT2D eigenvalue weighted by Crippen LogP contribution is 2.19. The second-order valence-electron chi connectivity index (χ2n) is 3.96. The molecule has 0 fully saturated rings. The maximum Gasteiger partial charge on any atom is 0.171 e. The summed E-state index contributed by atoms with van der Waals surface area (Å²) in [5.74, 6) is -1.07. The summed E-state index contributed by atoms with van der Waals surface area (Å²) in [5.41, 5.74) is 1.59. The van der Waals surface area contributed by atoms with Gasteiger partial charge in [-0.2, -0.15) is 0 Å². The predicted octanol–water partition coefficient (Wildman–Crippen LogP) is 3.02. The molecule has 3 nitrogen and oxygen atoms in total. The molecule has 0 aliphatic carbocycles. The largest absolute Gasteiger partial charge is 0.505 e. The average molecular weight is 276 g/mol. The van der Waals surface area contributed by atoms with Crippen molar-refractivity contribution in [1.82, 2.24) is 5.32 Å². The third kappa shape index (κ3) is 3.93. The van der Waals surface area contributed by atoms with Gasteiger partial charge in [-0.15, -0.1) is 0 Å². The van der Waals surface area contributed by atoms with Crippen LogP contribution in [0.4, 0.5) is 10.1 Å². The standard InChI is InChI=1S/C14H13FN2OS/c15-12-8-11(6-7-13(12)18)17-14(19)16-9-10-4-2-1-3-5-10/h1-8,18H,9H2,(H2,16,17,19). The Bertz CT molecular complexity index is 575. The minimum Gasteiger partial charge on any atom is -0.505 e. The van der Waals surface area contributed by atoms with Gasteiger partial charge in [-0.25, -0.2) is 4.39 Å². The van der Waals surface area contributed by atoms with Crippen LogP contribution in [-0.2, 0) is 6.54 Å². The summed E-state index contributed by atoms with van der Waals surface area (Å²) in [4.78, 5) is 0. The quantitative estimate of drug-likeness (QED) is 0.595. The number of rotatable bonds is 3. The Kier molecular flexibility index (Phi) is 4.30. The van der Waals surface area contributed by atoms with Gasteiger partial charge in [0.1, 0.15) is 0 Å². The molecule has 0 spiro atoms. The normalized spacial score (nSPS) is 9.95. The van der Waals surface area contributed by atoms with E-state index in [1.807, 2.05) is 30.3 Å². The minimum atomic E-state index is -0.684. The first-order valence-corrected chi connectivity index (χ1v) is 6.13. The van der Waals surface area contributed by atoms with E-state index < -0.39 is 5.82 Å². The lowest BCUT2D eigenvalue weighted by Crippen LogP contribution is -2.27. The predicted molar refractivity (Wildman–Crippen MR) is 77.6 cm³/mol. The molecule has 0 heterocycles. The SMILES string of the molecule is Oc1ccc(NC(=S)NCc2ccccc2)cc1F. The van der Waals surface area contributed by atoms with Crippen LogP contribution in [0.2, 0.25) is 0 Å². The highest BCUT2D eigenvalue weighted by atomic mass is 32.1. The topological polar surface area (TPSA) is 44.3 Å². The molecular weight excluding hydrogens is 263 g/mol. The Morgan fingerprint density at radius 3 is 2.58 bits per heavy atom. The minimum absolute atomic E-state index is 0.381. The second kappa shape index (κ2) is 6.15. The van der Waals surface area contributed by atoms with Crippen LogP contribution in [0, 0.1) is 5.82 Å². The summed E-state index contributed by atoms with van der Waals surface area (Å²) in [6.07, 6.45) is 0. The maximum atomic E-state index is 13.1. The van der Waals surface area contributed by atoms with Crippen LogP contribution in [0.15, 0.2) is 48.5 Å². The van der Waals surface area contributed by atoms with Gasteiger partial charge in [0.25, 0.3) is 0 Å². The van der Waals surface area contributed by atoms with Crippen molar-refractivity contribution in [3.8, 4) is 5.75 Å². The van der Waals surface area contributed by atoms with Crippen molar-refractivity contribution in [2.45, 2.75) is 6.54 Å². The van der Waals surface area contributed by atoms with Crippen LogP contribution in [0.1, 0.15) is 5.56 Å². The average Bonchev–Trinajstić information content (AvgIpc) is 2.42. The smallest absolute Gasteiger partial charge is 0.171 e. The van der Waals surface area contributed by atoms with Gasteiger partial charge in [0.05, 0.1) is 0 Å². The summed E-state index contributed by atoms with van der Waals surface area (Å²) in [6, 6.07) is 13.8. The van der Waals surface area contributed by atoms with Crippen molar-refractivity contribution < 1.29 is 9.50 Å². The van der Waals surface area contributed by atoms with Gasteiger partial charge >= 0.3 is 0 Å². The van der Waals surface area contributed by atoms with Crippen molar-refractivity contribution in [3.05, 3.63) is 59.9 Å². The highest BCUT2D eigenvalue weighted by molar-refractivity contribution is 7.80. The van der Waals surface area contributed by atoms with Gasteiger partial charge in [-0.1, -0.05) is 30.3 Å². The molecule has 2 rings (SSSR count). The number of nitrogens with one attached hydrogen (secondary N) is 2. The van der Waals surface area contributed by atoms with Gasteiger partial charge < -0.3 is 15.7 Å². The Labute approximate surface area is 116 Å². The molecule has 0 aromatic heterocycles. The molecule has 0 radical (unpaired) electrons. The van der Waals surface area contributed by atoms with Gasteiger partial charge in [0.15, 0.2) is 16.7 Å². The van der Waals surface area contributed by atoms with Crippen molar-refractivity contribution in [2.75, 3.05) is 5.32 Å². The molecule has 0 saturated carbocycles. The van der Waals surface area contributed by atoms with Crippen LogP contribution in [0.3, 0.4) is 0 Å². The highest BCUT2D eigenvalue weighted by Gasteiger charge is 2.03. The van der Waals surface area contributed by atoms with Crippen molar-refractivity contribution in [1.29, 1.82) is 0 Å². The Balaban J connectivity index is 1.89. The molecule has 0 bridgehead atoms. The molecule has 19 heavy (non-hydrogen) atoms. The first kappa shape index (κ1) is 13.3. The third-order valence-corrected chi connectivity index (χ3v) is 2.75. The number of hydrogen-bond acceptors (Lipinski definition) is 2. The molecule has 0 unspecified atom stereocenters. The fraction of sp³-hybridized carbons (Fsp3) is 0.0714. The van der Waals surface area contributed by atoms with Crippen molar-refractivity contribution in [2.24, 2.45) is 0 Å². The Morgan fingerprint density at radius 1 is 1.16 bits per heavy atom. The molecule has 0 amide bonds. The van der Waals surface area contributed by atoms with Gasteiger partial charge in [0, 0.05) is 18.3 Å². The molecule has 0 aliphatic heterocycles. The lowest BCUT2D eigenvalue weighted by molar-refractivity contribution is 0.432. The monoisotopic (exact) mass is 276 g/mol. The zero-order valence-corrected chi connectivity index (χ0v) is 10.9. The van der Waals surface area contributed by atoms with Gasteiger partial charge in [0.2, 0.25) is 0 Å². The number of benzene rings is 2. The summed E-state index contributed by atoms with van der Waals surface area (Å²) in [7, 11) is 0. The van der Waals surface area contributed by atoms with Crippen LogP contribution < -0.4 is 10.6 Å². The zero-order chi connectivity index (χ0) is 13.7.